The maximum absolute atomic E-state index is 11.8. The summed E-state index contributed by atoms with van der Waals surface area (Å²) in [6.45, 7) is 1.81. The summed E-state index contributed by atoms with van der Waals surface area (Å²) in [7, 11) is 1.65. The number of rotatable bonds is 4. The zero-order valence-electron chi connectivity index (χ0n) is 12.8. The second kappa shape index (κ2) is 6.62. The number of oxime groups is 1. The van der Waals surface area contributed by atoms with Gasteiger partial charge in [0.2, 0.25) is 0 Å². The van der Waals surface area contributed by atoms with Crippen LogP contribution in [0.2, 0.25) is 0 Å². The molecule has 5 heteroatoms. The molecule has 2 aromatic carbocycles. The highest BCUT2D eigenvalue weighted by Crippen LogP contribution is 2.22. The molecular weight excluding hydrogens is 310 g/mol. The molecule has 0 saturated carbocycles. The van der Waals surface area contributed by atoms with Crippen molar-refractivity contribution < 1.29 is 14.4 Å². The van der Waals surface area contributed by atoms with E-state index in [-0.39, 0.29) is 0 Å². The van der Waals surface area contributed by atoms with Gasteiger partial charge in [0.15, 0.2) is 0 Å². The average molecular weight is 325 g/mol. The van der Waals surface area contributed by atoms with Crippen molar-refractivity contribution in [2.75, 3.05) is 7.11 Å². The van der Waals surface area contributed by atoms with Gasteiger partial charge in [-0.05, 0) is 52.9 Å². The third kappa shape index (κ3) is 3.40. The summed E-state index contributed by atoms with van der Waals surface area (Å²) >= 11 is 1.33. The number of hydrogen-bond donors (Lipinski definition) is 0. The lowest BCUT2D eigenvalue weighted by molar-refractivity contribution is 0.0522. The van der Waals surface area contributed by atoms with E-state index in [1.165, 1.54) is 11.3 Å². The lowest BCUT2D eigenvalue weighted by atomic mass is 10.0. The fourth-order valence-corrected chi connectivity index (χ4v) is 2.77. The van der Waals surface area contributed by atoms with Crippen LogP contribution in [-0.4, -0.2) is 18.8 Å². The molecule has 1 heterocycles. The number of fused-ring (bicyclic) bond motifs is 1. The Morgan fingerprint density at radius 2 is 1.87 bits per heavy atom. The van der Waals surface area contributed by atoms with Crippen molar-refractivity contribution in [3.63, 3.8) is 0 Å². The van der Waals surface area contributed by atoms with Crippen molar-refractivity contribution in [3.05, 3.63) is 64.4 Å². The summed E-state index contributed by atoms with van der Waals surface area (Å²) in [6.07, 6.45) is 0. The van der Waals surface area contributed by atoms with Crippen LogP contribution in [0.25, 0.3) is 10.8 Å². The topological polar surface area (TPSA) is 47.9 Å². The van der Waals surface area contributed by atoms with E-state index >= 15 is 0 Å². The van der Waals surface area contributed by atoms with Gasteiger partial charge < -0.3 is 9.57 Å². The minimum atomic E-state index is -0.440. The smallest absolute Gasteiger partial charge is 0.375 e. The minimum Gasteiger partial charge on any atom is -0.497 e. The quantitative estimate of drug-likeness (QED) is 0.403. The van der Waals surface area contributed by atoms with E-state index in [9.17, 15) is 4.79 Å². The van der Waals surface area contributed by atoms with Gasteiger partial charge in [0, 0.05) is 0 Å². The molecule has 0 amide bonds. The van der Waals surface area contributed by atoms with Gasteiger partial charge in [-0.1, -0.05) is 29.4 Å². The third-order valence-corrected chi connectivity index (χ3v) is 4.30. The van der Waals surface area contributed by atoms with Crippen molar-refractivity contribution in [2.45, 2.75) is 6.92 Å². The SMILES string of the molecule is COc1ccc2cc(C(C)=NOC(=O)c3cccs3)ccc2c1. The summed E-state index contributed by atoms with van der Waals surface area (Å²) in [5.74, 6) is 0.380. The fourth-order valence-electron chi connectivity index (χ4n) is 2.18. The van der Waals surface area contributed by atoms with Crippen LogP contribution in [0.1, 0.15) is 22.2 Å². The first-order valence-corrected chi connectivity index (χ1v) is 7.93. The first kappa shape index (κ1) is 15.2. The molecule has 0 unspecified atom stereocenters. The van der Waals surface area contributed by atoms with E-state index in [2.05, 4.69) is 5.16 Å². The molecule has 0 aliphatic heterocycles. The Morgan fingerprint density at radius 3 is 2.61 bits per heavy atom. The first-order chi connectivity index (χ1) is 11.2. The number of carbonyl (C=O) groups is 1. The minimum absolute atomic E-state index is 0.440. The van der Waals surface area contributed by atoms with Gasteiger partial charge in [-0.15, -0.1) is 11.3 Å². The molecule has 0 spiro atoms. The highest BCUT2D eigenvalue weighted by atomic mass is 32.1. The van der Waals surface area contributed by atoms with Gasteiger partial charge in [0.25, 0.3) is 0 Å². The van der Waals surface area contributed by atoms with Crippen LogP contribution in [-0.2, 0) is 4.84 Å². The molecule has 4 nitrogen and oxygen atoms in total. The normalized spacial score (nSPS) is 11.5. The van der Waals surface area contributed by atoms with Crippen molar-refractivity contribution in [3.8, 4) is 5.75 Å². The van der Waals surface area contributed by atoms with Crippen LogP contribution in [0, 0.1) is 0 Å². The van der Waals surface area contributed by atoms with Crippen LogP contribution in [0.4, 0.5) is 0 Å². The standard InChI is InChI=1S/C18H15NO3S/c1-12(19-22-18(20)17-4-3-9-23-17)13-5-6-15-11-16(21-2)8-7-14(15)10-13/h3-11H,1-2H3. The van der Waals surface area contributed by atoms with Crippen molar-refractivity contribution in [1.82, 2.24) is 0 Å². The second-order valence-electron chi connectivity index (χ2n) is 4.96. The average Bonchev–Trinajstić information content (AvgIpc) is 3.13. The van der Waals surface area contributed by atoms with E-state index in [0.717, 1.165) is 22.1 Å². The fraction of sp³-hybridized carbons (Fsp3) is 0.111. The summed E-state index contributed by atoms with van der Waals surface area (Å²) in [4.78, 5) is 17.3. The molecular formula is C18H15NO3S. The summed E-state index contributed by atoms with van der Waals surface area (Å²) in [5, 5.41) is 7.92. The zero-order chi connectivity index (χ0) is 16.2. The van der Waals surface area contributed by atoms with E-state index in [4.69, 9.17) is 9.57 Å². The molecule has 0 radical (unpaired) electrons. The van der Waals surface area contributed by atoms with Crippen molar-refractivity contribution in [1.29, 1.82) is 0 Å². The number of carbonyl (C=O) groups excluding carboxylic acids is 1. The number of thiophene rings is 1. The maximum Gasteiger partial charge on any atom is 0.375 e. The Hall–Kier alpha value is -2.66. The first-order valence-electron chi connectivity index (χ1n) is 7.05. The molecule has 3 aromatic rings. The van der Waals surface area contributed by atoms with Crippen molar-refractivity contribution in [2.24, 2.45) is 5.16 Å². The van der Waals surface area contributed by atoms with Crippen LogP contribution in [0.3, 0.4) is 0 Å². The molecule has 0 fully saturated rings. The van der Waals surface area contributed by atoms with Gasteiger partial charge >= 0.3 is 5.97 Å². The molecule has 0 N–H and O–H groups in total. The largest absolute Gasteiger partial charge is 0.497 e. The van der Waals surface area contributed by atoms with E-state index in [1.807, 2.05) is 48.7 Å². The van der Waals surface area contributed by atoms with Crippen molar-refractivity contribution >= 4 is 33.8 Å². The van der Waals surface area contributed by atoms with Gasteiger partial charge in [-0.3, -0.25) is 0 Å². The predicted octanol–water partition coefficient (Wildman–Crippen LogP) is 4.49. The predicted molar refractivity (Wildman–Crippen MR) is 92.4 cm³/mol. The Morgan fingerprint density at radius 1 is 1.09 bits per heavy atom. The van der Waals surface area contributed by atoms with E-state index in [1.54, 1.807) is 19.2 Å². The molecule has 0 aliphatic rings. The highest BCUT2D eigenvalue weighted by Gasteiger charge is 2.08. The molecule has 116 valence electrons. The maximum atomic E-state index is 11.8. The number of nitrogens with zero attached hydrogens (tertiary/aromatic N) is 1. The van der Waals surface area contributed by atoms with Gasteiger partial charge in [0.05, 0.1) is 12.8 Å². The van der Waals surface area contributed by atoms with Crippen LogP contribution < -0.4 is 4.74 Å². The Balaban J connectivity index is 1.81. The summed E-state index contributed by atoms with van der Waals surface area (Å²) < 4.78 is 5.22. The van der Waals surface area contributed by atoms with E-state index < -0.39 is 5.97 Å². The summed E-state index contributed by atoms with van der Waals surface area (Å²) in [5.41, 5.74) is 1.55. The molecule has 0 saturated heterocycles. The van der Waals surface area contributed by atoms with Crippen LogP contribution in [0.15, 0.2) is 59.1 Å². The molecule has 0 aliphatic carbocycles. The highest BCUT2D eigenvalue weighted by molar-refractivity contribution is 7.11. The van der Waals surface area contributed by atoms with Crippen LogP contribution >= 0.6 is 11.3 Å². The second-order valence-corrected chi connectivity index (χ2v) is 5.91. The number of hydrogen-bond acceptors (Lipinski definition) is 5. The molecule has 23 heavy (non-hydrogen) atoms. The molecule has 1 aromatic heterocycles. The van der Waals surface area contributed by atoms with Gasteiger partial charge in [-0.2, -0.15) is 0 Å². The molecule has 0 atom stereocenters. The van der Waals surface area contributed by atoms with Gasteiger partial charge in [0.1, 0.15) is 10.6 Å². The van der Waals surface area contributed by atoms with Gasteiger partial charge in [-0.25, -0.2) is 4.79 Å². The number of benzene rings is 2. The Labute approximate surface area is 138 Å². The Kier molecular flexibility index (Phi) is 4.39. The Bertz CT molecular complexity index is 869. The third-order valence-electron chi connectivity index (χ3n) is 3.45. The lowest BCUT2D eigenvalue weighted by Crippen LogP contribution is -2.02. The molecule has 0 bridgehead atoms. The molecule has 3 rings (SSSR count). The number of ether oxygens (including phenoxy) is 1. The zero-order valence-corrected chi connectivity index (χ0v) is 13.6. The summed E-state index contributed by atoms with van der Waals surface area (Å²) in [6, 6.07) is 15.3. The van der Waals surface area contributed by atoms with E-state index in [0.29, 0.717) is 10.6 Å². The number of methoxy groups -OCH3 is 1. The lowest BCUT2D eigenvalue weighted by Gasteiger charge is -2.05. The van der Waals surface area contributed by atoms with Crippen LogP contribution in [0.5, 0.6) is 5.75 Å². The monoisotopic (exact) mass is 325 g/mol.